The van der Waals surface area contributed by atoms with Crippen molar-refractivity contribution in [1.82, 2.24) is 0 Å². The summed E-state index contributed by atoms with van der Waals surface area (Å²) in [6.07, 6.45) is 0. The minimum absolute atomic E-state index is 0.106. The molecule has 0 heterocycles. The summed E-state index contributed by atoms with van der Waals surface area (Å²) in [5.41, 5.74) is 0.597. The molecule has 0 saturated carbocycles. The zero-order valence-electron chi connectivity index (χ0n) is 10.5. The molecule has 3 rings (SSSR count). The van der Waals surface area contributed by atoms with Gasteiger partial charge in [0.25, 0.3) is 0 Å². The number of halogens is 3. The van der Waals surface area contributed by atoms with Crippen molar-refractivity contribution in [1.29, 1.82) is 0 Å². The third kappa shape index (κ3) is 2.16. The van der Waals surface area contributed by atoms with Gasteiger partial charge < -0.3 is 0 Å². The van der Waals surface area contributed by atoms with E-state index >= 15 is 0 Å². The molecule has 0 N–H and O–H groups in total. The summed E-state index contributed by atoms with van der Waals surface area (Å²) in [5.74, 6) is -1.25. The van der Waals surface area contributed by atoms with E-state index in [2.05, 4.69) is 0 Å². The zero-order valence-corrected chi connectivity index (χ0v) is 11.2. The molecule has 1 unspecified atom stereocenters. The van der Waals surface area contributed by atoms with Crippen molar-refractivity contribution in [3.8, 4) is 0 Å². The zero-order chi connectivity index (χ0) is 14.1. The maximum Gasteiger partial charge on any atom is 0.131 e. The molecule has 0 aliphatic rings. The Labute approximate surface area is 120 Å². The van der Waals surface area contributed by atoms with E-state index < -0.39 is 17.0 Å². The molecule has 0 aromatic heterocycles. The highest BCUT2D eigenvalue weighted by atomic mass is 35.5. The molecule has 0 radical (unpaired) electrons. The normalized spacial score (nSPS) is 12.6. The van der Waals surface area contributed by atoms with Crippen LogP contribution in [0.2, 0.25) is 0 Å². The third-order valence-electron chi connectivity index (χ3n) is 3.35. The highest BCUT2D eigenvalue weighted by Crippen LogP contribution is 2.36. The molecule has 3 aromatic rings. The van der Waals surface area contributed by atoms with Crippen molar-refractivity contribution in [2.24, 2.45) is 0 Å². The number of fused-ring (bicyclic) bond motifs is 1. The van der Waals surface area contributed by atoms with Crippen LogP contribution in [-0.4, -0.2) is 0 Å². The molecule has 0 amide bonds. The van der Waals surface area contributed by atoms with Crippen LogP contribution in [0.3, 0.4) is 0 Å². The first-order chi connectivity index (χ1) is 9.68. The van der Waals surface area contributed by atoms with Gasteiger partial charge in [-0.1, -0.05) is 48.5 Å². The molecule has 20 heavy (non-hydrogen) atoms. The fourth-order valence-electron chi connectivity index (χ4n) is 2.38. The van der Waals surface area contributed by atoms with Crippen LogP contribution in [0.4, 0.5) is 8.78 Å². The van der Waals surface area contributed by atoms with Gasteiger partial charge in [-0.3, -0.25) is 0 Å². The Balaban J connectivity index is 2.21. The molecule has 0 bridgehead atoms. The Hall–Kier alpha value is -1.93. The smallest absolute Gasteiger partial charge is 0.131 e. The second kappa shape index (κ2) is 5.22. The predicted molar refractivity (Wildman–Crippen MR) is 78.0 cm³/mol. The van der Waals surface area contributed by atoms with Gasteiger partial charge in [0.15, 0.2) is 0 Å². The molecule has 100 valence electrons. The Morgan fingerprint density at radius 2 is 1.35 bits per heavy atom. The summed E-state index contributed by atoms with van der Waals surface area (Å²) in [6, 6.07) is 17.0. The van der Waals surface area contributed by atoms with E-state index in [4.69, 9.17) is 11.6 Å². The summed E-state index contributed by atoms with van der Waals surface area (Å²) in [4.78, 5) is 0. The molecule has 0 fully saturated rings. The summed E-state index contributed by atoms with van der Waals surface area (Å²) < 4.78 is 27.7. The van der Waals surface area contributed by atoms with Gasteiger partial charge in [-0.05, 0) is 28.5 Å². The Morgan fingerprint density at radius 1 is 0.750 bits per heavy atom. The van der Waals surface area contributed by atoms with E-state index in [1.807, 2.05) is 36.4 Å². The minimum Gasteiger partial charge on any atom is -0.207 e. The van der Waals surface area contributed by atoms with E-state index in [-0.39, 0.29) is 5.56 Å². The van der Waals surface area contributed by atoms with Crippen LogP contribution in [0.25, 0.3) is 10.8 Å². The van der Waals surface area contributed by atoms with Gasteiger partial charge in [0, 0.05) is 5.56 Å². The standard InChI is InChI=1S/C17H11ClF2/c18-17(16-14(19)9-4-10-15(16)20)13-8-3-6-11-5-1-2-7-12(11)13/h1-10,17H. The maximum atomic E-state index is 13.9. The van der Waals surface area contributed by atoms with Crippen LogP contribution < -0.4 is 0 Å². The van der Waals surface area contributed by atoms with Crippen LogP contribution in [-0.2, 0) is 0 Å². The third-order valence-corrected chi connectivity index (χ3v) is 3.80. The first-order valence-electron chi connectivity index (χ1n) is 6.24. The first-order valence-corrected chi connectivity index (χ1v) is 6.68. The van der Waals surface area contributed by atoms with Gasteiger partial charge in [0.05, 0.1) is 5.38 Å². The van der Waals surface area contributed by atoms with Crippen molar-refractivity contribution in [3.05, 3.63) is 83.4 Å². The van der Waals surface area contributed by atoms with Crippen LogP contribution in [0.1, 0.15) is 16.5 Å². The van der Waals surface area contributed by atoms with Gasteiger partial charge in [-0.2, -0.15) is 0 Å². The van der Waals surface area contributed by atoms with Crippen LogP contribution in [0.15, 0.2) is 60.7 Å². The van der Waals surface area contributed by atoms with Crippen molar-refractivity contribution in [2.75, 3.05) is 0 Å². The Morgan fingerprint density at radius 3 is 2.10 bits per heavy atom. The van der Waals surface area contributed by atoms with Crippen molar-refractivity contribution >= 4 is 22.4 Å². The van der Waals surface area contributed by atoms with Crippen LogP contribution in [0.5, 0.6) is 0 Å². The fraction of sp³-hybridized carbons (Fsp3) is 0.0588. The van der Waals surface area contributed by atoms with Gasteiger partial charge in [0.2, 0.25) is 0 Å². The molecular weight excluding hydrogens is 278 g/mol. The number of benzene rings is 3. The lowest BCUT2D eigenvalue weighted by Gasteiger charge is -2.14. The molecule has 3 aromatic carbocycles. The first kappa shape index (κ1) is 13.1. The fourth-order valence-corrected chi connectivity index (χ4v) is 2.78. The van der Waals surface area contributed by atoms with Crippen LogP contribution in [0, 0.1) is 11.6 Å². The average Bonchev–Trinajstić information content (AvgIpc) is 2.46. The highest BCUT2D eigenvalue weighted by Gasteiger charge is 2.21. The van der Waals surface area contributed by atoms with Crippen molar-refractivity contribution < 1.29 is 8.78 Å². The minimum atomic E-state index is -0.859. The van der Waals surface area contributed by atoms with E-state index in [1.165, 1.54) is 18.2 Å². The molecule has 3 heteroatoms. The Kier molecular flexibility index (Phi) is 3.41. The van der Waals surface area contributed by atoms with Gasteiger partial charge >= 0.3 is 0 Å². The number of hydrogen-bond donors (Lipinski definition) is 0. The molecule has 0 saturated heterocycles. The molecule has 0 aliphatic carbocycles. The number of hydrogen-bond acceptors (Lipinski definition) is 0. The quantitative estimate of drug-likeness (QED) is 0.550. The van der Waals surface area contributed by atoms with E-state index in [0.717, 1.165) is 10.8 Å². The molecule has 0 spiro atoms. The molecular formula is C17H11ClF2. The summed E-state index contributed by atoms with van der Waals surface area (Å²) in [5, 5.41) is 1.03. The summed E-state index contributed by atoms with van der Waals surface area (Å²) >= 11 is 6.34. The average molecular weight is 289 g/mol. The SMILES string of the molecule is Fc1cccc(F)c1C(Cl)c1cccc2ccccc12. The monoisotopic (exact) mass is 288 g/mol. The van der Waals surface area contributed by atoms with Gasteiger partial charge in [-0.15, -0.1) is 11.6 Å². The van der Waals surface area contributed by atoms with E-state index in [1.54, 1.807) is 6.07 Å². The molecule has 0 aliphatic heterocycles. The Bertz CT molecular complexity index is 742. The topological polar surface area (TPSA) is 0 Å². The van der Waals surface area contributed by atoms with E-state index in [9.17, 15) is 8.78 Å². The van der Waals surface area contributed by atoms with E-state index in [0.29, 0.717) is 5.56 Å². The maximum absolute atomic E-state index is 13.9. The lowest BCUT2D eigenvalue weighted by Crippen LogP contribution is -2.01. The number of alkyl halides is 1. The largest absolute Gasteiger partial charge is 0.207 e. The molecule has 0 nitrogen and oxygen atoms in total. The van der Waals surface area contributed by atoms with Gasteiger partial charge in [-0.25, -0.2) is 8.78 Å². The lowest BCUT2D eigenvalue weighted by molar-refractivity contribution is 0.559. The summed E-state index contributed by atoms with van der Waals surface area (Å²) in [6.45, 7) is 0. The highest BCUT2D eigenvalue weighted by molar-refractivity contribution is 6.23. The molecule has 1 atom stereocenters. The van der Waals surface area contributed by atoms with Crippen LogP contribution >= 0.6 is 11.6 Å². The summed E-state index contributed by atoms with van der Waals surface area (Å²) in [7, 11) is 0. The van der Waals surface area contributed by atoms with Crippen molar-refractivity contribution in [3.63, 3.8) is 0 Å². The second-order valence-electron chi connectivity index (χ2n) is 4.57. The number of rotatable bonds is 2. The predicted octanol–water partition coefficient (Wildman–Crippen LogP) is 5.45. The lowest BCUT2D eigenvalue weighted by atomic mass is 9.97. The van der Waals surface area contributed by atoms with Gasteiger partial charge in [0.1, 0.15) is 11.6 Å². The van der Waals surface area contributed by atoms with Crippen molar-refractivity contribution in [2.45, 2.75) is 5.38 Å². The second-order valence-corrected chi connectivity index (χ2v) is 5.00.